The molecule has 0 unspecified atom stereocenters. The van der Waals surface area contributed by atoms with Crippen molar-refractivity contribution in [1.82, 2.24) is 10.3 Å². The lowest BCUT2D eigenvalue weighted by Crippen LogP contribution is -2.44. The zero-order valence-electron chi connectivity index (χ0n) is 17.1. The minimum absolute atomic E-state index is 0.103. The summed E-state index contributed by atoms with van der Waals surface area (Å²) in [4.78, 5) is 19.5. The van der Waals surface area contributed by atoms with Crippen LogP contribution in [-0.2, 0) is 0 Å². The van der Waals surface area contributed by atoms with Gasteiger partial charge in [0.15, 0.2) is 0 Å². The Balaban J connectivity index is 1.32. The molecule has 1 aliphatic heterocycles. The second-order valence-corrected chi connectivity index (χ2v) is 8.06. The van der Waals surface area contributed by atoms with Gasteiger partial charge in [-0.25, -0.2) is 4.98 Å². The molecule has 0 spiro atoms. The molecule has 2 aromatic carbocycles. The van der Waals surface area contributed by atoms with E-state index in [0.29, 0.717) is 5.69 Å². The van der Waals surface area contributed by atoms with E-state index in [4.69, 9.17) is 9.47 Å². The fourth-order valence-corrected chi connectivity index (χ4v) is 4.38. The van der Waals surface area contributed by atoms with Crippen LogP contribution in [0.3, 0.4) is 0 Å². The number of nitrogens with zero attached hydrogens (tertiary/aromatic N) is 2. The Morgan fingerprint density at radius 3 is 2.20 bits per heavy atom. The van der Waals surface area contributed by atoms with Crippen molar-refractivity contribution < 1.29 is 14.3 Å². The Hall–Kier alpha value is -3.06. The van der Waals surface area contributed by atoms with Crippen LogP contribution in [0.1, 0.15) is 23.3 Å². The van der Waals surface area contributed by atoms with Crippen LogP contribution in [0.15, 0.2) is 53.9 Å². The molecule has 156 valence electrons. The van der Waals surface area contributed by atoms with E-state index < -0.39 is 0 Å². The Labute approximate surface area is 180 Å². The van der Waals surface area contributed by atoms with Crippen molar-refractivity contribution in [3.8, 4) is 22.1 Å². The summed E-state index contributed by atoms with van der Waals surface area (Å²) >= 11 is 1.48. The van der Waals surface area contributed by atoms with Gasteiger partial charge < -0.3 is 19.7 Å². The van der Waals surface area contributed by atoms with Crippen molar-refractivity contribution in [3.05, 3.63) is 59.6 Å². The molecule has 6 nitrogen and oxygen atoms in total. The lowest BCUT2D eigenvalue weighted by molar-refractivity contribution is 0.0927. The van der Waals surface area contributed by atoms with E-state index in [9.17, 15) is 4.79 Å². The van der Waals surface area contributed by atoms with Gasteiger partial charge in [0.25, 0.3) is 5.91 Å². The first kappa shape index (κ1) is 20.2. The third-order valence-electron chi connectivity index (χ3n) is 5.34. The van der Waals surface area contributed by atoms with Crippen LogP contribution in [0, 0.1) is 0 Å². The lowest BCUT2D eigenvalue weighted by Gasteiger charge is -2.33. The van der Waals surface area contributed by atoms with Crippen molar-refractivity contribution in [2.75, 3.05) is 32.2 Å². The normalized spacial score (nSPS) is 14.4. The van der Waals surface area contributed by atoms with Gasteiger partial charge in [0.05, 0.1) is 14.2 Å². The molecule has 0 atom stereocenters. The number of rotatable bonds is 6. The van der Waals surface area contributed by atoms with Gasteiger partial charge in [0.1, 0.15) is 22.2 Å². The van der Waals surface area contributed by atoms with Gasteiger partial charge in [-0.2, -0.15) is 0 Å². The number of ether oxygens (including phenoxy) is 2. The van der Waals surface area contributed by atoms with Crippen LogP contribution in [-0.4, -0.2) is 44.2 Å². The second kappa shape index (κ2) is 9.17. The quantitative estimate of drug-likeness (QED) is 0.643. The first-order valence-electron chi connectivity index (χ1n) is 9.96. The second-order valence-electron chi connectivity index (χ2n) is 7.20. The van der Waals surface area contributed by atoms with Crippen LogP contribution in [0.2, 0.25) is 0 Å². The number of amides is 1. The van der Waals surface area contributed by atoms with E-state index >= 15 is 0 Å². The number of hydrogen-bond donors (Lipinski definition) is 1. The van der Waals surface area contributed by atoms with Gasteiger partial charge in [-0.3, -0.25) is 4.79 Å². The minimum Gasteiger partial charge on any atom is -0.497 e. The van der Waals surface area contributed by atoms with Gasteiger partial charge in [0, 0.05) is 35.8 Å². The Bertz CT molecular complexity index is 978. The van der Waals surface area contributed by atoms with E-state index in [2.05, 4.69) is 27.3 Å². The van der Waals surface area contributed by atoms with Crippen molar-refractivity contribution in [1.29, 1.82) is 0 Å². The molecule has 0 bridgehead atoms. The molecule has 1 aromatic heterocycles. The van der Waals surface area contributed by atoms with Crippen molar-refractivity contribution in [2.24, 2.45) is 0 Å². The summed E-state index contributed by atoms with van der Waals surface area (Å²) in [5.74, 6) is 1.56. The molecular formula is C23H25N3O3S. The predicted octanol–water partition coefficient (Wildman–Crippen LogP) is 4.23. The highest BCUT2D eigenvalue weighted by molar-refractivity contribution is 7.13. The average molecular weight is 424 g/mol. The third-order valence-corrected chi connectivity index (χ3v) is 6.23. The molecule has 1 N–H and O–H groups in total. The van der Waals surface area contributed by atoms with Crippen molar-refractivity contribution in [2.45, 2.75) is 18.9 Å². The molecule has 2 heterocycles. The number of carbonyl (C=O) groups is 1. The number of anilines is 1. The highest BCUT2D eigenvalue weighted by Gasteiger charge is 2.22. The molecule has 0 aliphatic carbocycles. The van der Waals surface area contributed by atoms with Crippen molar-refractivity contribution >= 4 is 22.9 Å². The molecule has 30 heavy (non-hydrogen) atoms. The fourth-order valence-electron chi connectivity index (χ4n) is 3.58. The number of piperidine rings is 1. The third kappa shape index (κ3) is 4.57. The molecular weight excluding hydrogens is 398 g/mol. The number of thiazole rings is 1. The summed E-state index contributed by atoms with van der Waals surface area (Å²) in [7, 11) is 3.31. The summed E-state index contributed by atoms with van der Waals surface area (Å²) in [5.41, 5.74) is 2.64. The van der Waals surface area contributed by atoms with E-state index in [-0.39, 0.29) is 11.9 Å². The van der Waals surface area contributed by atoms with Gasteiger partial charge >= 0.3 is 0 Å². The van der Waals surface area contributed by atoms with Crippen molar-refractivity contribution in [3.63, 3.8) is 0 Å². The number of hydrogen-bond acceptors (Lipinski definition) is 6. The molecule has 4 rings (SSSR count). The zero-order valence-corrected chi connectivity index (χ0v) is 17.9. The number of aromatic nitrogens is 1. The lowest BCUT2D eigenvalue weighted by atomic mass is 10.0. The summed E-state index contributed by atoms with van der Waals surface area (Å²) < 4.78 is 10.4. The smallest absolute Gasteiger partial charge is 0.270 e. The summed E-state index contributed by atoms with van der Waals surface area (Å²) in [5, 5.41) is 5.80. The summed E-state index contributed by atoms with van der Waals surface area (Å²) in [6.07, 6.45) is 1.82. The molecule has 1 aliphatic rings. The van der Waals surface area contributed by atoms with E-state index in [0.717, 1.165) is 48.0 Å². The SMILES string of the molecule is COc1ccc(-c2nc(C(=O)NC3CCN(c4ccc(OC)cc4)CC3)cs2)cc1. The number of benzene rings is 2. The van der Waals surface area contributed by atoms with Gasteiger partial charge in [0.2, 0.25) is 0 Å². The standard InChI is InChI=1S/C23H25N3O3S/c1-28-19-7-3-16(4-8-19)23-25-21(15-30-23)22(27)24-17-11-13-26(14-12-17)18-5-9-20(29-2)10-6-18/h3-10,15,17H,11-14H2,1-2H3,(H,24,27). The van der Waals surface area contributed by atoms with Crippen LogP contribution < -0.4 is 19.7 Å². The first-order valence-corrected chi connectivity index (χ1v) is 10.8. The molecule has 0 saturated carbocycles. The van der Waals surface area contributed by atoms with Crippen LogP contribution in [0.25, 0.3) is 10.6 Å². The monoisotopic (exact) mass is 423 g/mol. The molecule has 3 aromatic rings. The first-order chi connectivity index (χ1) is 14.7. The fraction of sp³-hybridized carbons (Fsp3) is 0.304. The molecule has 7 heteroatoms. The van der Waals surface area contributed by atoms with E-state index in [1.165, 1.54) is 17.0 Å². The summed E-state index contributed by atoms with van der Waals surface area (Å²) in [6, 6.07) is 16.0. The van der Waals surface area contributed by atoms with Gasteiger partial charge in [-0.1, -0.05) is 0 Å². The molecule has 0 radical (unpaired) electrons. The number of methoxy groups -OCH3 is 2. The van der Waals surface area contributed by atoms with Gasteiger partial charge in [-0.15, -0.1) is 11.3 Å². The Morgan fingerprint density at radius 1 is 1.00 bits per heavy atom. The van der Waals surface area contributed by atoms with Crippen LogP contribution in [0.4, 0.5) is 5.69 Å². The van der Waals surface area contributed by atoms with E-state index in [1.807, 2.05) is 41.8 Å². The largest absolute Gasteiger partial charge is 0.497 e. The topological polar surface area (TPSA) is 63.7 Å². The Morgan fingerprint density at radius 2 is 1.60 bits per heavy atom. The van der Waals surface area contributed by atoms with Gasteiger partial charge in [-0.05, 0) is 61.4 Å². The average Bonchev–Trinajstić information content (AvgIpc) is 3.30. The maximum atomic E-state index is 12.7. The highest BCUT2D eigenvalue weighted by atomic mass is 32.1. The maximum Gasteiger partial charge on any atom is 0.270 e. The molecule has 1 fully saturated rings. The van der Waals surface area contributed by atoms with Crippen LogP contribution in [0.5, 0.6) is 11.5 Å². The Kier molecular flexibility index (Phi) is 6.18. The number of carbonyl (C=O) groups excluding carboxylic acids is 1. The summed E-state index contributed by atoms with van der Waals surface area (Å²) in [6.45, 7) is 1.82. The predicted molar refractivity (Wildman–Crippen MR) is 120 cm³/mol. The number of nitrogens with one attached hydrogen (secondary N) is 1. The minimum atomic E-state index is -0.103. The molecule has 1 amide bonds. The highest BCUT2D eigenvalue weighted by Crippen LogP contribution is 2.26. The van der Waals surface area contributed by atoms with E-state index in [1.54, 1.807) is 14.2 Å². The maximum absolute atomic E-state index is 12.7. The molecule has 1 saturated heterocycles. The zero-order chi connectivity index (χ0) is 20.9. The van der Waals surface area contributed by atoms with Crippen LogP contribution >= 0.6 is 11.3 Å².